The quantitative estimate of drug-likeness (QED) is 0.456. The molecule has 32 heavy (non-hydrogen) atoms. The van der Waals surface area contributed by atoms with Crippen LogP contribution in [0.25, 0.3) is 0 Å². The second-order valence-corrected chi connectivity index (χ2v) is 6.88. The highest BCUT2D eigenvalue weighted by atomic mass is 19.4. The Morgan fingerprint density at radius 3 is 1.34 bits per heavy atom. The van der Waals surface area contributed by atoms with Gasteiger partial charge in [0.05, 0.1) is 0 Å². The van der Waals surface area contributed by atoms with Gasteiger partial charge in [0.2, 0.25) is 0 Å². The average molecular weight is 464 g/mol. The zero-order valence-electron chi connectivity index (χ0n) is 16.5. The minimum absolute atomic E-state index is 0.0251. The van der Waals surface area contributed by atoms with Crippen molar-refractivity contribution in [2.24, 2.45) is 0 Å². The number of halogens is 6. The van der Waals surface area contributed by atoms with E-state index in [4.69, 9.17) is 0 Å². The number of rotatable bonds is 8. The summed E-state index contributed by atoms with van der Waals surface area (Å²) in [5.74, 6) is -5.31. The predicted molar refractivity (Wildman–Crippen MR) is 98.7 cm³/mol. The van der Waals surface area contributed by atoms with Crippen LogP contribution in [0.1, 0.15) is 46.4 Å². The fourth-order valence-electron chi connectivity index (χ4n) is 3.14. The summed E-state index contributed by atoms with van der Waals surface area (Å²) >= 11 is 0. The molecule has 0 atom stereocenters. The van der Waals surface area contributed by atoms with E-state index in [1.807, 2.05) is 0 Å². The van der Waals surface area contributed by atoms with Crippen molar-refractivity contribution >= 4 is 23.4 Å². The van der Waals surface area contributed by atoms with Crippen molar-refractivity contribution in [1.29, 1.82) is 0 Å². The topological polar surface area (TPSA) is 92.3 Å². The van der Waals surface area contributed by atoms with Gasteiger partial charge in [0.15, 0.2) is 11.6 Å². The number of carbonyl (C=O) groups is 4. The van der Waals surface area contributed by atoms with Gasteiger partial charge in [-0.3, -0.25) is 19.2 Å². The molecule has 2 N–H and O–H groups in total. The monoisotopic (exact) mass is 464 g/mol. The highest BCUT2D eigenvalue weighted by Gasteiger charge is 2.39. The first-order valence-corrected chi connectivity index (χ1v) is 9.44. The number of amides is 2. The Morgan fingerprint density at radius 1 is 0.688 bits per heavy atom. The number of allylic oxidation sites excluding steroid dienone is 2. The first-order valence-electron chi connectivity index (χ1n) is 9.44. The maximum atomic E-state index is 12.8. The number of nitrogens with one attached hydrogen (secondary N) is 2. The largest absolute Gasteiger partial charge is 0.471 e. The number of hydrogen-bond acceptors (Lipinski definition) is 4. The standard InChI is InChI=1S/C20H18F6N2O4/c21-19(22,23)17(31)27-9-3-7-13-14(8-4-10-28-18(32)20(24,25)26)16(30)12-6-2-1-5-11(12)15(13)29/h1-2,5-6H,3-4,7-10H2,(H,27,31)(H,28,32). The maximum absolute atomic E-state index is 12.8. The van der Waals surface area contributed by atoms with Crippen LogP contribution in [-0.4, -0.2) is 48.8 Å². The van der Waals surface area contributed by atoms with Crippen LogP contribution < -0.4 is 10.6 Å². The van der Waals surface area contributed by atoms with E-state index in [2.05, 4.69) is 0 Å². The third-order valence-corrected chi connectivity index (χ3v) is 4.62. The minimum atomic E-state index is -5.05. The molecule has 12 heteroatoms. The lowest BCUT2D eigenvalue weighted by Gasteiger charge is -2.21. The zero-order valence-corrected chi connectivity index (χ0v) is 16.5. The fourth-order valence-corrected chi connectivity index (χ4v) is 3.14. The molecule has 1 aromatic carbocycles. The molecular formula is C20H18F6N2O4. The lowest BCUT2D eigenvalue weighted by Crippen LogP contribution is -2.37. The van der Waals surface area contributed by atoms with Gasteiger partial charge in [0.1, 0.15) is 0 Å². The van der Waals surface area contributed by atoms with Crippen molar-refractivity contribution in [3.05, 3.63) is 46.5 Å². The summed E-state index contributed by atoms with van der Waals surface area (Å²) in [6.45, 7) is -0.806. The van der Waals surface area contributed by atoms with E-state index >= 15 is 0 Å². The third-order valence-electron chi connectivity index (χ3n) is 4.62. The SMILES string of the molecule is O=C1C(CCCNC(=O)C(F)(F)F)=C(CCCNC(=O)C(F)(F)F)C(=O)c2ccccc21. The van der Waals surface area contributed by atoms with Gasteiger partial charge in [0.25, 0.3) is 0 Å². The summed E-state index contributed by atoms with van der Waals surface area (Å²) in [6.07, 6.45) is -10.5. The van der Waals surface area contributed by atoms with Gasteiger partial charge < -0.3 is 10.6 Å². The molecular weight excluding hydrogens is 446 g/mol. The Balaban J connectivity index is 2.11. The third kappa shape index (κ3) is 6.17. The Hall–Kier alpha value is -3.18. The molecule has 0 saturated carbocycles. The summed E-state index contributed by atoms with van der Waals surface area (Å²) in [7, 11) is 0. The summed E-state index contributed by atoms with van der Waals surface area (Å²) in [5, 5.41) is 3.33. The van der Waals surface area contributed by atoms with Gasteiger partial charge in [0, 0.05) is 35.4 Å². The average Bonchev–Trinajstić information content (AvgIpc) is 2.71. The molecule has 0 radical (unpaired) electrons. The van der Waals surface area contributed by atoms with Crippen LogP contribution in [0, 0.1) is 0 Å². The highest BCUT2D eigenvalue weighted by Crippen LogP contribution is 2.31. The molecule has 0 saturated heterocycles. The van der Waals surface area contributed by atoms with Gasteiger partial charge >= 0.3 is 24.2 Å². The molecule has 0 aliphatic heterocycles. The molecule has 0 heterocycles. The normalized spacial score (nSPS) is 14.3. The molecule has 2 amide bonds. The molecule has 174 valence electrons. The molecule has 0 aromatic heterocycles. The van der Waals surface area contributed by atoms with E-state index in [0.29, 0.717) is 0 Å². The van der Waals surface area contributed by atoms with Gasteiger partial charge in [-0.05, 0) is 25.7 Å². The van der Waals surface area contributed by atoms with Crippen LogP contribution >= 0.6 is 0 Å². The molecule has 0 unspecified atom stereocenters. The van der Waals surface area contributed by atoms with Gasteiger partial charge in [-0.2, -0.15) is 26.3 Å². The van der Waals surface area contributed by atoms with E-state index in [0.717, 1.165) is 0 Å². The molecule has 0 bridgehead atoms. The van der Waals surface area contributed by atoms with E-state index in [1.165, 1.54) is 24.3 Å². The van der Waals surface area contributed by atoms with Crippen LogP contribution in [0.3, 0.4) is 0 Å². The highest BCUT2D eigenvalue weighted by molar-refractivity contribution is 6.26. The van der Waals surface area contributed by atoms with Crippen molar-refractivity contribution in [1.82, 2.24) is 10.6 Å². The molecule has 2 rings (SSSR count). The lowest BCUT2D eigenvalue weighted by molar-refractivity contribution is -0.173. The van der Waals surface area contributed by atoms with Crippen LogP contribution in [0.2, 0.25) is 0 Å². The number of benzene rings is 1. The smallest absolute Gasteiger partial charge is 0.348 e. The second kappa shape index (κ2) is 9.96. The molecule has 1 aromatic rings. The second-order valence-electron chi connectivity index (χ2n) is 6.88. The van der Waals surface area contributed by atoms with Crippen LogP contribution in [0.5, 0.6) is 0 Å². The Bertz CT molecular complexity index is 875. The number of fused-ring (bicyclic) bond motifs is 1. The predicted octanol–water partition coefficient (Wildman–Crippen LogP) is 3.28. The molecule has 0 fully saturated rings. The van der Waals surface area contributed by atoms with E-state index < -0.39 is 48.8 Å². The van der Waals surface area contributed by atoms with Crippen molar-refractivity contribution in [3.8, 4) is 0 Å². The van der Waals surface area contributed by atoms with Crippen molar-refractivity contribution in [3.63, 3.8) is 0 Å². The van der Waals surface area contributed by atoms with Gasteiger partial charge in [-0.25, -0.2) is 0 Å². The fraction of sp³-hybridized carbons (Fsp3) is 0.400. The first-order chi connectivity index (χ1) is 14.8. The summed E-state index contributed by atoms with van der Waals surface area (Å²) < 4.78 is 73.5. The molecule has 6 nitrogen and oxygen atoms in total. The first kappa shape index (κ1) is 25.1. The van der Waals surface area contributed by atoms with Crippen LogP contribution in [0.4, 0.5) is 26.3 Å². The van der Waals surface area contributed by atoms with E-state index in [9.17, 15) is 45.5 Å². The Morgan fingerprint density at radius 2 is 1.03 bits per heavy atom. The Labute approximate surface area is 178 Å². The van der Waals surface area contributed by atoms with Crippen LogP contribution in [-0.2, 0) is 9.59 Å². The van der Waals surface area contributed by atoms with E-state index in [1.54, 1.807) is 10.6 Å². The van der Waals surface area contributed by atoms with Gasteiger partial charge in [-0.1, -0.05) is 24.3 Å². The number of ketones is 2. The minimum Gasteiger partial charge on any atom is -0.348 e. The number of hydrogen-bond donors (Lipinski definition) is 2. The zero-order chi connectivity index (χ0) is 24.1. The molecule has 1 aliphatic carbocycles. The van der Waals surface area contributed by atoms with E-state index in [-0.39, 0.29) is 48.0 Å². The van der Waals surface area contributed by atoms with Crippen LogP contribution in [0.15, 0.2) is 35.4 Å². The number of carbonyl (C=O) groups excluding carboxylic acids is 4. The molecule has 0 spiro atoms. The van der Waals surface area contributed by atoms with Crippen molar-refractivity contribution < 1.29 is 45.5 Å². The Kier molecular flexibility index (Phi) is 7.81. The van der Waals surface area contributed by atoms with Crippen molar-refractivity contribution in [2.75, 3.05) is 13.1 Å². The summed E-state index contributed by atoms with van der Waals surface area (Å²) in [6, 6.07) is 5.90. The summed E-state index contributed by atoms with van der Waals surface area (Å²) in [5.41, 5.74) is 0.274. The van der Waals surface area contributed by atoms with Crippen molar-refractivity contribution in [2.45, 2.75) is 38.0 Å². The van der Waals surface area contributed by atoms with Gasteiger partial charge in [-0.15, -0.1) is 0 Å². The number of alkyl halides is 6. The summed E-state index contributed by atoms with van der Waals surface area (Å²) in [4.78, 5) is 47.4. The molecule has 1 aliphatic rings. The lowest BCUT2D eigenvalue weighted by atomic mass is 9.80. The maximum Gasteiger partial charge on any atom is 0.471 e. The number of Topliss-reactive ketones (excluding diaryl/α,β-unsaturated/α-hetero) is 2.